The van der Waals surface area contributed by atoms with Crippen LogP contribution in [0.15, 0.2) is 18.3 Å². The molecule has 1 heterocycles. The van der Waals surface area contributed by atoms with E-state index in [4.69, 9.17) is 0 Å². The normalized spacial score (nSPS) is 10.6. The number of carbonyl (C=O) groups is 1. The summed E-state index contributed by atoms with van der Waals surface area (Å²) in [5.41, 5.74) is 4.45. The molecule has 0 atom stereocenters. The van der Waals surface area contributed by atoms with Crippen molar-refractivity contribution in [1.29, 1.82) is 0 Å². The molecule has 4 heteroatoms. The van der Waals surface area contributed by atoms with Crippen molar-refractivity contribution in [3.8, 4) is 0 Å². The Bertz CT molecular complexity index is 592. The molecule has 88 valence electrons. The highest BCUT2D eigenvalue weighted by molar-refractivity contribution is 5.95. The zero-order chi connectivity index (χ0) is 12.6. The molecular formula is C13H15N3O. The first-order chi connectivity index (χ1) is 8.00. The van der Waals surface area contributed by atoms with E-state index in [9.17, 15) is 4.79 Å². The van der Waals surface area contributed by atoms with Gasteiger partial charge < -0.3 is 4.90 Å². The predicted molar refractivity (Wildman–Crippen MR) is 68.1 cm³/mol. The SMILES string of the molecule is CC(=O)N(C)c1ccc2ncc(C)nc2c1C. The molecule has 1 aromatic carbocycles. The van der Waals surface area contributed by atoms with E-state index in [0.717, 1.165) is 28.0 Å². The maximum atomic E-state index is 11.4. The second-order valence-corrected chi connectivity index (χ2v) is 4.17. The number of rotatable bonds is 1. The number of benzene rings is 1. The number of carbonyl (C=O) groups excluding carboxylic acids is 1. The fraction of sp³-hybridized carbons (Fsp3) is 0.308. The lowest BCUT2D eigenvalue weighted by Crippen LogP contribution is -2.23. The van der Waals surface area contributed by atoms with Crippen molar-refractivity contribution >= 4 is 22.6 Å². The van der Waals surface area contributed by atoms with Gasteiger partial charge in [0.1, 0.15) is 0 Å². The molecule has 0 N–H and O–H groups in total. The molecule has 0 aliphatic rings. The minimum absolute atomic E-state index is 0.00747. The van der Waals surface area contributed by atoms with Gasteiger partial charge in [0, 0.05) is 31.4 Å². The highest BCUT2D eigenvalue weighted by Gasteiger charge is 2.12. The van der Waals surface area contributed by atoms with Crippen molar-refractivity contribution in [3.05, 3.63) is 29.6 Å². The summed E-state index contributed by atoms with van der Waals surface area (Å²) >= 11 is 0. The highest BCUT2D eigenvalue weighted by Crippen LogP contribution is 2.25. The molecule has 1 aromatic heterocycles. The van der Waals surface area contributed by atoms with Crippen LogP contribution in [0, 0.1) is 13.8 Å². The zero-order valence-corrected chi connectivity index (χ0v) is 10.5. The molecule has 0 fully saturated rings. The van der Waals surface area contributed by atoms with Crippen LogP contribution in [0.5, 0.6) is 0 Å². The summed E-state index contributed by atoms with van der Waals surface area (Å²) in [6.45, 7) is 5.42. The predicted octanol–water partition coefficient (Wildman–Crippen LogP) is 2.23. The van der Waals surface area contributed by atoms with E-state index in [-0.39, 0.29) is 5.91 Å². The number of amides is 1. The number of nitrogens with zero attached hydrogens (tertiary/aromatic N) is 3. The Labute approximate surface area is 100 Å². The first kappa shape index (κ1) is 11.5. The van der Waals surface area contributed by atoms with E-state index in [0.29, 0.717) is 0 Å². The van der Waals surface area contributed by atoms with E-state index in [1.54, 1.807) is 25.1 Å². The van der Waals surface area contributed by atoms with Crippen molar-refractivity contribution in [1.82, 2.24) is 9.97 Å². The molecule has 0 saturated heterocycles. The van der Waals surface area contributed by atoms with Crippen LogP contribution in [-0.2, 0) is 4.79 Å². The van der Waals surface area contributed by atoms with Gasteiger partial charge in [-0.2, -0.15) is 0 Å². The molecule has 0 unspecified atom stereocenters. The van der Waals surface area contributed by atoms with Gasteiger partial charge in [-0.25, -0.2) is 4.98 Å². The van der Waals surface area contributed by atoms with Crippen LogP contribution in [-0.4, -0.2) is 22.9 Å². The second kappa shape index (κ2) is 4.13. The van der Waals surface area contributed by atoms with E-state index in [1.807, 2.05) is 26.0 Å². The van der Waals surface area contributed by atoms with Crippen LogP contribution in [0.4, 0.5) is 5.69 Å². The van der Waals surface area contributed by atoms with E-state index in [2.05, 4.69) is 9.97 Å². The van der Waals surface area contributed by atoms with Gasteiger partial charge in [0.2, 0.25) is 5.91 Å². The van der Waals surface area contributed by atoms with Gasteiger partial charge in [-0.3, -0.25) is 9.78 Å². The van der Waals surface area contributed by atoms with Gasteiger partial charge >= 0.3 is 0 Å². The standard InChI is InChI=1S/C13H15N3O/c1-8-7-14-11-5-6-12(16(4)10(3)17)9(2)13(11)15-8/h5-7H,1-4H3. The smallest absolute Gasteiger partial charge is 0.223 e. The van der Waals surface area contributed by atoms with Gasteiger partial charge in [0.25, 0.3) is 0 Å². The van der Waals surface area contributed by atoms with E-state index in [1.165, 1.54) is 0 Å². The van der Waals surface area contributed by atoms with Crippen molar-refractivity contribution in [2.24, 2.45) is 0 Å². The van der Waals surface area contributed by atoms with E-state index < -0.39 is 0 Å². The molecule has 2 rings (SSSR count). The van der Waals surface area contributed by atoms with Gasteiger partial charge in [0.05, 0.1) is 16.7 Å². The maximum absolute atomic E-state index is 11.4. The third-order valence-electron chi connectivity index (χ3n) is 2.89. The molecule has 4 nitrogen and oxygen atoms in total. The molecule has 0 radical (unpaired) electrons. The Morgan fingerprint density at radius 2 is 2.00 bits per heavy atom. The molecular weight excluding hydrogens is 214 g/mol. The molecule has 0 saturated carbocycles. The number of fused-ring (bicyclic) bond motifs is 1. The maximum Gasteiger partial charge on any atom is 0.223 e. The minimum Gasteiger partial charge on any atom is -0.315 e. The lowest BCUT2D eigenvalue weighted by Gasteiger charge is -2.18. The first-order valence-electron chi connectivity index (χ1n) is 5.48. The van der Waals surface area contributed by atoms with Crippen LogP contribution < -0.4 is 4.90 Å². The molecule has 0 aliphatic heterocycles. The lowest BCUT2D eigenvalue weighted by atomic mass is 10.1. The van der Waals surface area contributed by atoms with Gasteiger partial charge in [-0.05, 0) is 26.0 Å². The monoisotopic (exact) mass is 229 g/mol. The Kier molecular flexibility index (Phi) is 2.79. The minimum atomic E-state index is 0.00747. The lowest BCUT2D eigenvalue weighted by molar-refractivity contribution is -0.116. The number of aryl methyl sites for hydroxylation is 2. The Morgan fingerprint density at radius 3 is 2.65 bits per heavy atom. The number of aromatic nitrogens is 2. The summed E-state index contributed by atoms with van der Waals surface area (Å²) < 4.78 is 0. The molecule has 2 aromatic rings. The average Bonchev–Trinajstić information content (AvgIpc) is 2.29. The van der Waals surface area contributed by atoms with Crippen LogP contribution in [0.2, 0.25) is 0 Å². The molecule has 17 heavy (non-hydrogen) atoms. The largest absolute Gasteiger partial charge is 0.315 e. The topological polar surface area (TPSA) is 46.1 Å². The Balaban J connectivity index is 2.68. The van der Waals surface area contributed by atoms with Crippen molar-refractivity contribution in [2.75, 3.05) is 11.9 Å². The van der Waals surface area contributed by atoms with Gasteiger partial charge in [-0.15, -0.1) is 0 Å². The summed E-state index contributed by atoms with van der Waals surface area (Å²) in [5.74, 6) is 0.00747. The second-order valence-electron chi connectivity index (χ2n) is 4.17. The quantitative estimate of drug-likeness (QED) is 0.753. The summed E-state index contributed by atoms with van der Waals surface area (Å²) in [7, 11) is 1.76. The van der Waals surface area contributed by atoms with Crippen LogP contribution in [0.3, 0.4) is 0 Å². The van der Waals surface area contributed by atoms with Crippen LogP contribution >= 0.6 is 0 Å². The zero-order valence-electron chi connectivity index (χ0n) is 10.5. The van der Waals surface area contributed by atoms with Gasteiger partial charge in [-0.1, -0.05) is 0 Å². The van der Waals surface area contributed by atoms with Gasteiger partial charge in [0.15, 0.2) is 0 Å². The molecule has 0 bridgehead atoms. The summed E-state index contributed by atoms with van der Waals surface area (Å²) in [6, 6.07) is 3.80. The molecule has 1 amide bonds. The summed E-state index contributed by atoms with van der Waals surface area (Å²) in [4.78, 5) is 21.8. The summed E-state index contributed by atoms with van der Waals surface area (Å²) in [5, 5.41) is 0. The Morgan fingerprint density at radius 1 is 1.29 bits per heavy atom. The van der Waals surface area contributed by atoms with E-state index >= 15 is 0 Å². The van der Waals surface area contributed by atoms with Crippen molar-refractivity contribution < 1.29 is 4.79 Å². The third-order valence-corrected chi connectivity index (χ3v) is 2.89. The van der Waals surface area contributed by atoms with Crippen molar-refractivity contribution in [2.45, 2.75) is 20.8 Å². The molecule has 0 aliphatic carbocycles. The number of anilines is 1. The number of hydrogen-bond donors (Lipinski definition) is 0. The fourth-order valence-corrected chi connectivity index (χ4v) is 1.82. The fourth-order valence-electron chi connectivity index (χ4n) is 1.82. The number of hydrogen-bond acceptors (Lipinski definition) is 3. The van der Waals surface area contributed by atoms with Crippen LogP contribution in [0.1, 0.15) is 18.2 Å². The highest BCUT2D eigenvalue weighted by atomic mass is 16.2. The average molecular weight is 229 g/mol. The van der Waals surface area contributed by atoms with Crippen LogP contribution in [0.25, 0.3) is 11.0 Å². The first-order valence-corrected chi connectivity index (χ1v) is 5.48. The van der Waals surface area contributed by atoms with Crippen molar-refractivity contribution in [3.63, 3.8) is 0 Å². The Hall–Kier alpha value is -1.97. The molecule has 0 spiro atoms. The summed E-state index contributed by atoms with van der Waals surface area (Å²) in [6.07, 6.45) is 1.75. The third kappa shape index (κ3) is 1.98.